The lowest BCUT2D eigenvalue weighted by atomic mass is 10.1. The zero-order valence-corrected chi connectivity index (χ0v) is 17.4. The number of ether oxygens (including phenoxy) is 1. The van der Waals surface area contributed by atoms with Crippen LogP contribution < -0.4 is 15.0 Å². The second kappa shape index (κ2) is 8.91. The van der Waals surface area contributed by atoms with Crippen LogP contribution in [0.5, 0.6) is 5.75 Å². The first-order chi connectivity index (χ1) is 14.1. The number of nitrogens with one attached hydrogen (secondary N) is 1. The molecule has 2 amide bonds. The van der Waals surface area contributed by atoms with Gasteiger partial charge in [0, 0.05) is 22.6 Å². The van der Waals surface area contributed by atoms with Gasteiger partial charge >= 0.3 is 0 Å². The maximum atomic E-state index is 13.2. The Bertz CT molecular complexity index is 878. The molecular weight excluding hydrogens is 384 g/mol. The first kappa shape index (κ1) is 19.8. The number of nitrogens with zero attached hydrogens (tertiary/aromatic N) is 1. The minimum absolute atomic E-state index is 0.00236. The summed E-state index contributed by atoms with van der Waals surface area (Å²) in [5.41, 5.74) is 1.90. The summed E-state index contributed by atoms with van der Waals surface area (Å²) in [7, 11) is 1.64. The molecule has 1 fully saturated rings. The Morgan fingerprint density at radius 1 is 1.14 bits per heavy atom. The maximum absolute atomic E-state index is 13.2. The van der Waals surface area contributed by atoms with Gasteiger partial charge in [-0.3, -0.25) is 9.59 Å². The summed E-state index contributed by atoms with van der Waals surface area (Å²) in [5, 5.41) is 3.10. The predicted molar refractivity (Wildman–Crippen MR) is 115 cm³/mol. The molecule has 0 aromatic heterocycles. The van der Waals surface area contributed by atoms with Crippen molar-refractivity contribution in [2.75, 3.05) is 18.6 Å². The largest absolute Gasteiger partial charge is 0.497 e. The first-order valence-corrected chi connectivity index (χ1v) is 11.0. The van der Waals surface area contributed by atoms with Crippen LogP contribution in [0.25, 0.3) is 0 Å². The van der Waals surface area contributed by atoms with Crippen molar-refractivity contribution in [3.63, 3.8) is 0 Å². The van der Waals surface area contributed by atoms with E-state index in [1.165, 1.54) is 0 Å². The molecule has 1 heterocycles. The van der Waals surface area contributed by atoms with Crippen LogP contribution in [0.15, 0.2) is 53.4 Å². The normalized spacial score (nSPS) is 19.6. The lowest BCUT2D eigenvalue weighted by Crippen LogP contribution is -2.43. The summed E-state index contributed by atoms with van der Waals surface area (Å²) >= 11 is 1.68. The fourth-order valence-electron chi connectivity index (χ4n) is 4.04. The molecule has 5 nitrogen and oxygen atoms in total. The molecule has 1 aliphatic heterocycles. The lowest BCUT2D eigenvalue weighted by molar-refractivity contribution is -0.124. The van der Waals surface area contributed by atoms with E-state index in [0.717, 1.165) is 47.6 Å². The molecule has 1 N–H and O–H groups in total. The summed E-state index contributed by atoms with van der Waals surface area (Å²) < 4.78 is 5.25. The summed E-state index contributed by atoms with van der Waals surface area (Å²) in [6.07, 6.45) is 4.74. The van der Waals surface area contributed by atoms with E-state index >= 15 is 0 Å². The van der Waals surface area contributed by atoms with Crippen LogP contribution in [-0.4, -0.2) is 31.5 Å². The molecule has 152 valence electrons. The molecule has 29 heavy (non-hydrogen) atoms. The van der Waals surface area contributed by atoms with Crippen molar-refractivity contribution in [3.05, 3.63) is 54.1 Å². The van der Waals surface area contributed by atoms with Crippen LogP contribution in [0.4, 0.5) is 5.69 Å². The molecule has 6 heteroatoms. The van der Waals surface area contributed by atoms with Crippen molar-refractivity contribution in [1.82, 2.24) is 5.32 Å². The highest BCUT2D eigenvalue weighted by Gasteiger charge is 2.31. The summed E-state index contributed by atoms with van der Waals surface area (Å²) in [6, 6.07) is 16.0. The van der Waals surface area contributed by atoms with E-state index in [0.29, 0.717) is 6.42 Å². The number of thioether (sulfide) groups is 1. The number of carbonyl (C=O) groups is 2. The topological polar surface area (TPSA) is 58.6 Å². The number of para-hydroxylation sites is 1. The third kappa shape index (κ3) is 4.58. The van der Waals surface area contributed by atoms with Crippen molar-refractivity contribution in [1.29, 1.82) is 0 Å². The Morgan fingerprint density at radius 2 is 1.86 bits per heavy atom. The van der Waals surface area contributed by atoms with Crippen LogP contribution in [0.2, 0.25) is 0 Å². The molecule has 1 atom stereocenters. The second-order valence-electron chi connectivity index (χ2n) is 7.58. The van der Waals surface area contributed by atoms with Gasteiger partial charge in [-0.25, -0.2) is 0 Å². The Labute approximate surface area is 175 Å². The number of amides is 2. The summed E-state index contributed by atoms with van der Waals surface area (Å²) in [6.45, 7) is 0.0717. The molecule has 1 aliphatic carbocycles. The van der Waals surface area contributed by atoms with Crippen LogP contribution in [0.1, 0.15) is 42.9 Å². The molecule has 0 bridgehead atoms. The number of rotatable bonds is 5. The number of benzene rings is 2. The van der Waals surface area contributed by atoms with Crippen LogP contribution in [-0.2, 0) is 9.59 Å². The molecule has 0 radical (unpaired) electrons. The maximum Gasteiger partial charge on any atom is 0.240 e. The van der Waals surface area contributed by atoms with E-state index in [-0.39, 0.29) is 29.7 Å². The molecule has 2 aliphatic rings. The minimum atomic E-state index is -0.0760. The standard InChI is InChI=1S/C23H26N2O3S/c1-28-18-12-10-16(11-13-18)21-14-23(27)25(19-8-4-5-9-20(19)29-21)15-22(26)24-17-6-2-3-7-17/h4-5,8-13,17,21H,2-3,6-7,14-15H2,1H3,(H,24,26)/t21-/m1/s1. The van der Waals surface area contributed by atoms with E-state index < -0.39 is 0 Å². The highest BCUT2D eigenvalue weighted by Crippen LogP contribution is 2.45. The zero-order valence-electron chi connectivity index (χ0n) is 16.6. The predicted octanol–water partition coefficient (Wildman–Crippen LogP) is 4.32. The first-order valence-electron chi connectivity index (χ1n) is 10.1. The number of carbonyl (C=O) groups excluding carboxylic acids is 2. The molecule has 0 unspecified atom stereocenters. The quantitative estimate of drug-likeness (QED) is 0.797. The van der Waals surface area contributed by atoms with Gasteiger partial charge in [0.15, 0.2) is 0 Å². The smallest absolute Gasteiger partial charge is 0.240 e. The number of hydrogen-bond acceptors (Lipinski definition) is 4. The molecule has 0 spiro atoms. The molecule has 1 saturated carbocycles. The molecule has 2 aromatic carbocycles. The molecule has 4 rings (SSSR count). The third-order valence-electron chi connectivity index (χ3n) is 5.60. The van der Waals surface area contributed by atoms with Crippen LogP contribution in [0.3, 0.4) is 0 Å². The van der Waals surface area contributed by atoms with Gasteiger partial charge in [-0.05, 0) is 42.7 Å². The molecule has 0 saturated heterocycles. The van der Waals surface area contributed by atoms with Gasteiger partial charge in [0.25, 0.3) is 0 Å². The Morgan fingerprint density at radius 3 is 2.59 bits per heavy atom. The fourth-order valence-corrected chi connectivity index (χ4v) is 5.32. The van der Waals surface area contributed by atoms with E-state index in [1.54, 1.807) is 23.8 Å². The van der Waals surface area contributed by atoms with Gasteiger partial charge in [0.05, 0.1) is 12.8 Å². The fraction of sp³-hybridized carbons (Fsp3) is 0.391. The van der Waals surface area contributed by atoms with Crippen molar-refractivity contribution in [3.8, 4) is 5.75 Å². The van der Waals surface area contributed by atoms with Gasteiger partial charge in [0.1, 0.15) is 12.3 Å². The number of anilines is 1. The van der Waals surface area contributed by atoms with Crippen LogP contribution in [0, 0.1) is 0 Å². The van der Waals surface area contributed by atoms with Gasteiger partial charge in [-0.2, -0.15) is 0 Å². The average Bonchev–Trinajstić information content (AvgIpc) is 3.20. The van der Waals surface area contributed by atoms with Gasteiger partial charge in [0.2, 0.25) is 11.8 Å². The zero-order chi connectivity index (χ0) is 20.2. The van der Waals surface area contributed by atoms with Gasteiger partial charge in [-0.1, -0.05) is 37.1 Å². The van der Waals surface area contributed by atoms with E-state index in [4.69, 9.17) is 4.74 Å². The minimum Gasteiger partial charge on any atom is -0.497 e. The highest BCUT2D eigenvalue weighted by molar-refractivity contribution is 7.99. The van der Waals surface area contributed by atoms with Gasteiger partial charge in [-0.15, -0.1) is 11.8 Å². The average molecular weight is 411 g/mol. The second-order valence-corrected chi connectivity index (χ2v) is 8.82. The summed E-state index contributed by atoms with van der Waals surface area (Å²) in [4.78, 5) is 28.5. The van der Waals surface area contributed by atoms with E-state index in [9.17, 15) is 9.59 Å². The SMILES string of the molecule is COc1ccc([C@H]2CC(=O)N(CC(=O)NC3CCCC3)c3ccccc3S2)cc1. The van der Waals surface area contributed by atoms with Crippen molar-refractivity contribution in [2.45, 2.75) is 48.3 Å². The van der Waals surface area contributed by atoms with E-state index in [1.807, 2.05) is 48.5 Å². The van der Waals surface area contributed by atoms with Gasteiger partial charge < -0.3 is 15.0 Å². The van der Waals surface area contributed by atoms with E-state index in [2.05, 4.69) is 5.32 Å². The number of fused-ring (bicyclic) bond motifs is 1. The molecule has 2 aromatic rings. The van der Waals surface area contributed by atoms with Crippen molar-refractivity contribution in [2.24, 2.45) is 0 Å². The molecular formula is C23H26N2O3S. The monoisotopic (exact) mass is 410 g/mol. The third-order valence-corrected chi connectivity index (χ3v) is 6.92. The summed E-state index contributed by atoms with van der Waals surface area (Å²) in [5.74, 6) is 0.696. The number of methoxy groups -OCH3 is 1. The van der Waals surface area contributed by atoms with Crippen molar-refractivity contribution < 1.29 is 14.3 Å². The lowest BCUT2D eigenvalue weighted by Gasteiger charge is -2.23. The Balaban J connectivity index is 1.55. The van der Waals surface area contributed by atoms with Crippen molar-refractivity contribution >= 4 is 29.3 Å². The van der Waals surface area contributed by atoms with Crippen LogP contribution >= 0.6 is 11.8 Å². The number of hydrogen-bond donors (Lipinski definition) is 1. The Kier molecular flexibility index (Phi) is 6.09. The Hall–Kier alpha value is -2.47. The highest BCUT2D eigenvalue weighted by atomic mass is 32.2.